The van der Waals surface area contributed by atoms with Gasteiger partial charge in [0.05, 0.1) is 0 Å². The van der Waals surface area contributed by atoms with E-state index in [0.29, 0.717) is 6.54 Å². The molecule has 0 saturated carbocycles. The van der Waals surface area contributed by atoms with Crippen LogP contribution in [0.5, 0.6) is 0 Å². The highest BCUT2D eigenvalue weighted by atomic mass is 79.9. The van der Waals surface area contributed by atoms with Crippen molar-refractivity contribution in [2.45, 2.75) is 19.5 Å². The van der Waals surface area contributed by atoms with Gasteiger partial charge in [-0.2, -0.15) is 0 Å². The molecule has 0 atom stereocenters. The molecule has 1 aromatic rings. The Kier molecular flexibility index (Phi) is 2.67. The second-order valence-corrected chi connectivity index (χ2v) is 4.20. The van der Waals surface area contributed by atoms with Gasteiger partial charge in [-0.3, -0.25) is 0 Å². The van der Waals surface area contributed by atoms with Crippen LogP contribution in [0.2, 0.25) is 0 Å². The maximum Gasteiger partial charge on any atom is 0.0226 e. The molecule has 1 heterocycles. The molecule has 0 unspecified atom stereocenters. The molecule has 3 heteroatoms. The Morgan fingerprint density at radius 2 is 2.31 bits per heavy atom. The maximum absolute atomic E-state index is 5.62. The molecular formula is C10H13BrN2. The Morgan fingerprint density at radius 1 is 1.46 bits per heavy atom. The zero-order chi connectivity index (χ0) is 9.26. The summed E-state index contributed by atoms with van der Waals surface area (Å²) in [6.45, 7) is 2.67. The minimum absolute atomic E-state index is 0.624. The second kappa shape index (κ2) is 3.78. The molecule has 0 aliphatic carbocycles. The predicted octanol–water partition coefficient (Wildman–Crippen LogP) is 1.55. The third-order valence-corrected chi connectivity index (χ3v) is 3.16. The maximum atomic E-state index is 5.62. The number of hydrogen-bond acceptors (Lipinski definition) is 2. The van der Waals surface area contributed by atoms with Crippen molar-refractivity contribution in [2.24, 2.45) is 5.73 Å². The van der Waals surface area contributed by atoms with E-state index in [-0.39, 0.29) is 0 Å². The van der Waals surface area contributed by atoms with E-state index in [4.69, 9.17) is 5.73 Å². The van der Waals surface area contributed by atoms with Crippen LogP contribution in [-0.4, -0.2) is 6.54 Å². The van der Waals surface area contributed by atoms with Crippen molar-refractivity contribution in [1.29, 1.82) is 0 Å². The van der Waals surface area contributed by atoms with Crippen LogP contribution in [0.1, 0.15) is 16.7 Å². The van der Waals surface area contributed by atoms with E-state index >= 15 is 0 Å². The van der Waals surface area contributed by atoms with E-state index < -0.39 is 0 Å². The first kappa shape index (κ1) is 9.19. The highest BCUT2D eigenvalue weighted by Gasteiger charge is 2.12. The van der Waals surface area contributed by atoms with Crippen molar-refractivity contribution in [2.75, 3.05) is 6.54 Å². The Bertz CT molecular complexity index is 323. The van der Waals surface area contributed by atoms with Crippen LogP contribution in [0.15, 0.2) is 16.6 Å². The van der Waals surface area contributed by atoms with Crippen LogP contribution >= 0.6 is 15.9 Å². The summed E-state index contributed by atoms with van der Waals surface area (Å²) in [6, 6.07) is 4.34. The van der Waals surface area contributed by atoms with Crippen LogP contribution in [-0.2, 0) is 19.5 Å². The molecule has 0 fully saturated rings. The molecule has 0 saturated heterocycles. The van der Waals surface area contributed by atoms with Gasteiger partial charge in [-0.05, 0) is 35.7 Å². The van der Waals surface area contributed by atoms with Crippen molar-refractivity contribution < 1.29 is 0 Å². The van der Waals surface area contributed by atoms with E-state index in [1.165, 1.54) is 21.2 Å². The molecule has 0 radical (unpaired) electrons. The summed E-state index contributed by atoms with van der Waals surface area (Å²) in [5, 5.41) is 3.36. The molecule has 1 aromatic carbocycles. The lowest BCUT2D eigenvalue weighted by molar-refractivity contribution is 0.640. The van der Waals surface area contributed by atoms with Gasteiger partial charge in [0.2, 0.25) is 0 Å². The minimum atomic E-state index is 0.624. The van der Waals surface area contributed by atoms with E-state index in [1.807, 2.05) is 0 Å². The van der Waals surface area contributed by atoms with Gasteiger partial charge in [-0.1, -0.05) is 22.0 Å². The van der Waals surface area contributed by atoms with Crippen LogP contribution in [0.3, 0.4) is 0 Å². The van der Waals surface area contributed by atoms with Crippen molar-refractivity contribution >= 4 is 15.9 Å². The number of benzene rings is 1. The van der Waals surface area contributed by atoms with Gasteiger partial charge in [0.15, 0.2) is 0 Å². The number of rotatable bonds is 1. The van der Waals surface area contributed by atoms with E-state index in [2.05, 4.69) is 33.4 Å². The van der Waals surface area contributed by atoms with Gasteiger partial charge in [0.1, 0.15) is 0 Å². The lowest BCUT2D eigenvalue weighted by Crippen LogP contribution is -2.24. The fraction of sp³-hybridized carbons (Fsp3) is 0.400. The fourth-order valence-corrected chi connectivity index (χ4v) is 2.42. The van der Waals surface area contributed by atoms with Crippen LogP contribution < -0.4 is 11.1 Å². The molecule has 70 valence electrons. The molecule has 13 heavy (non-hydrogen) atoms. The molecule has 0 amide bonds. The summed E-state index contributed by atoms with van der Waals surface area (Å²) in [7, 11) is 0. The average molecular weight is 241 g/mol. The van der Waals surface area contributed by atoms with Crippen LogP contribution in [0, 0.1) is 0 Å². The summed E-state index contributed by atoms with van der Waals surface area (Å²) < 4.78 is 1.19. The lowest BCUT2D eigenvalue weighted by Gasteiger charge is -2.19. The summed E-state index contributed by atoms with van der Waals surface area (Å²) in [5.74, 6) is 0. The van der Waals surface area contributed by atoms with Gasteiger partial charge < -0.3 is 11.1 Å². The van der Waals surface area contributed by atoms with E-state index in [1.54, 1.807) is 0 Å². The third-order valence-electron chi connectivity index (χ3n) is 2.46. The Hall–Kier alpha value is -0.380. The number of nitrogens with two attached hydrogens (primary N) is 1. The van der Waals surface area contributed by atoms with Gasteiger partial charge >= 0.3 is 0 Å². The Balaban J connectivity index is 2.47. The molecule has 0 bridgehead atoms. The standard InChI is InChI=1S/C10H13BrN2/c11-10-4-7(5-12)3-8-1-2-13-6-9(8)10/h3-4,13H,1-2,5-6,12H2. The van der Waals surface area contributed by atoms with E-state index in [9.17, 15) is 0 Å². The molecule has 1 aliphatic rings. The highest BCUT2D eigenvalue weighted by Crippen LogP contribution is 2.25. The quantitative estimate of drug-likeness (QED) is 0.782. The number of halogens is 1. The molecular weight excluding hydrogens is 228 g/mol. The second-order valence-electron chi connectivity index (χ2n) is 3.35. The summed E-state index contributed by atoms with van der Waals surface area (Å²) in [6.07, 6.45) is 1.11. The minimum Gasteiger partial charge on any atom is -0.326 e. The normalized spacial score (nSPS) is 15.5. The largest absolute Gasteiger partial charge is 0.326 e. The highest BCUT2D eigenvalue weighted by molar-refractivity contribution is 9.10. The number of fused-ring (bicyclic) bond motifs is 1. The first-order valence-corrected chi connectivity index (χ1v) is 5.31. The van der Waals surface area contributed by atoms with Gasteiger partial charge in [0.25, 0.3) is 0 Å². The van der Waals surface area contributed by atoms with Gasteiger partial charge in [-0.15, -0.1) is 0 Å². The van der Waals surface area contributed by atoms with Crippen molar-refractivity contribution in [3.63, 3.8) is 0 Å². The molecule has 0 aromatic heterocycles. The monoisotopic (exact) mass is 240 g/mol. The Labute approximate surface area is 86.6 Å². The molecule has 0 spiro atoms. The zero-order valence-electron chi connectivity index (χ0n) is 7.44. The average Bonchev–Trinajstić information content (AvgIpc) is 2.18. The van der Waals surface area contributed by atoms with Crippen molar-refractivity contribution in [3.8, 4) is 0 Å². The van der Waals surface area contributed by atoms with E-state index in [0.717, 1.165) is 19.5 Å². The van der Waals surface area contributed by atoms with Gasteiger partial charge in [0, 0.05) is 17.6 Å². The molecule has 3 N–H and O–H groups in total. The topological polar surface area (TPSA) is 38.0 Å². The van der Waals surface area contributed by atoms with Crippen LogP contribution in [0.25, 0.3) is 0 Å². The Morgan fingerprint density at radius 3 is 3.08 bits per heavy atom. The number of nitrogens with one attached hydrogen (secondary N) is 1. The number of hydrogen-bond donors (Lipinski definition) is 2. The predicted molar refractivity (Wildman–Crippen MR) is 57.4 cm³/mol. The smallest absolute Gasteiger partial charge is 0.0226 e. The molecule has 2 nitrogen and oxygen atoms in total. The van der Waals surface area contributed by atoms with Crippen molar-refractivity contribution in [3.05, 3.63) is 33.3 Å². The van der Waals surface area contributed by atoms with Crippen molar-refractivity contribution in [1.82, 2.24) is 5.32 Å². The molecule has 2 rings (SSSR count). The first-order valence-electron chi connectivity index (χ1n) is 4.52. The summed E-state index contributed by atoms with van der Waals surface area (Å²) in [5.41, 5.74) is 9.66. The molecule has 1 aliphatic heterocycles. The lowest BCUT2D eigenvalue weighted by atomic mass is 9.98. The first-order chi connectivity index (χ1) is 6.31. The zero-order valence-corrected chi connectivity index (χ0v) is 9.02. The fourth-order valence-electron chi connectivity index (χ4n) is 1.73. The van der Waals surface area contributed by atoms with Crippen LogP contribution in [0.4, 0.5) is 0 Å². The summed E-state index contributed by atoms with van der Waals surface area (Å²) >= 11 is 3.58. The van der Waals surface area contributed by atoms with Gasteiger partial charge in [-0.25, -0.2) is 0 Å². The summed E-state index contributed by atoms with van der Waals surface area (Å²) in [4.78, 5) is 0. The SMILES string of the molecule is NCc1cc(Br)c2c(c1)CCNC2. The third kappa shape index (κ3) is 1.77.